The minimum Gasteiger partial charge on any atom is -0.504 e. The van der Waals surface area contributed by atoms with Gasteiger partial charge in [0.1, 0.15) is 0 Å². The number of aromatic hydroxyl groups is 3. The molecule has 8 heteroatoms. The third kappa shape index (κ3) is 3.59. The van der Waals surface area contributed by atoms with Gasteiger partial charge in [-0.25, -0.2) is 4.68 Å². The van der Waals surface area contributed by atoms with E-state index in [2.05, 4.69) is 10.1 Å². The number of thiophene rings is 1. The van der Waals surface area contributed by atoms with Crippen molar-refractivity contribution >= 4 is 28.9 Å². The maximum atomic E-state index is 9.95. The van der Waals surface area contributed by atoms with Crippen LogP contribution in [0.1, 0.15) is 19.4 Å². The molecule has 0 bridgehead atoms. The molecule has 0 amide bonds. The Morgan fingerprint density at radius 1 is 1.08 bits per heavy atom. The summed E-state index contributed by atoms with van der Waals surface area (Å²) in [7, 11) is 0. The van der Waals surface area contributed by atoms with Crippen molar-refractivity contribution in [1.29, 1.82) is 0 Å². The SMILES string of the molecule is CC(C)N=c1scc(-c2cccs2)n1/N=C/c1ccc(O)c(O)c1O. The van der Waals surface area contributed by atoms with Crippen molar-refractivity contribution in [3.63, 3.8) is 0 Å². The number of phenolic OH excluding ortho intramolecular Hbond substituents is 3. The lowest BCUT2D eigenvalue weighted by atomic mass is 10.2. The van der Waals surface area contributed by atoms with Crippen molar-refractivity contribution in [3.05, 3.63) is 45.4 Å². The van der Waals surface area contributed by atoms with Crippen molar-refractivity contribution in [2.75, 3.05) is 0 Å². The third-order valence-electron chi connectivity index (χ3n) is 3.30. The molecule has 25 heavy (non-hydrogen) atoms. The molecule has 0 saturated heterocycles. The Morgan fingerprint density at radius 2 is 1.88 bits per heavy atom. The molecule has 0 unspecified atom stereocenters. The van der Waals surface area contributed by atoms with Gasteiger partial charge >= 0.3 is 0 Å². The van der Waals surface area contributed by atoms with Crippen LogP contribution in [0.3, 0.4) is 0 Å². The topological polar surface area (TPSA) is 90.3 Å². The highest BCUT2D eigenvalue weighted by molar-refractivity contribution is 7.14. The molecule has 3 aromatic rings. The van der Waals surface area contributed by atoms with E-state index in [1.165, 1.54) is 29.7 Å². The van der Waals surface area contributed by atoms with E-state index in [9.17, 15) is 15.3 Å². The largest absolute Gasteiger partial charge is 0.504 e. The van der Waals surface area contributed by atoms with E-state index in [1.54, 1.807) is 16.0 Å². The fourth-order valence-electron chi connectivity index (χ4n) is 2.12. The van der Waals surface area contributed by atoms with Crippen LogP contribution in [0.2, 0.25) is 0 Å². The second-order valence-electron chi connectivity index (χ2n) is 5.53. The summed E-state index contributed by atoms with van der Waals surface area (Å²) in [6, 6.07) is 6.86. The molecular weight excluding hydrogens is 358 g/mol. The van der Waals surface area contributed by atoms with Gasteiger partial charge in [-0.05, 0) is 37.4 Å². The minimum atomic E-state index is -0.565. The van der Waals surface area contributed by atoms with E-state index in [-0.39, 0.29) is 11.8 Å². The Hall–Kier alpha value is -2.58. The summed E-state index contributed by atoms with van der Waals surface area (Å²) in [5.41, 5.74) is 1.19. The van der Waals surface area contributed by atoms with Gasteiger partial charge in [0.15, 0.2) is 11.5 Å². The molecule has 0 spiro atoms. The molecule has 130 valence electrons. The van der Waals surface area contributed by atoms with Crippen LogP contribution in [-0.2, 0) is 0 Å². The average molecular weight is 375 g/mol. The van der Waals surface area contributed by atoms with Crippen LogP contribution < -0.4 is 4.80 Å². The van der Waals surface area contributed by atoms with Crippen LogP contribution in [0, 0.1) is 0 Å². The van der Waals surface area contributed by atoms with Gasteiger partial charge in [0.25, 0.3) is 0 Å². The summed E-state index contributed by atoms with van der Waals surface area (Å²) in [5, 5.41) is 37.4. The first-order valence-electron chi connectivity index (χ1n) is 7.54. The van der Waals surface area contributed by atoms with Crippen molar-refractivity contribution in [2.45, 2.75) is 19.9 Å². The summed E-state index contributed by atoms with van der Waals surface area (Å²) >= 11 is 3.08. The lowest BCUT2D eigenvalue weighted by Gasteiger charge is -2.05. The first-order chi connectivity index (χ1) is 12.0. The van der Waals surface area contributed by atoms with Crippen LogP contribution in [0.25, 0.3) is 10.6 Å². The first kappa shape index (κ1) is 17.2. The van der Waals surface area contributed by atoms with Crippen LogP contribution in [0.5, 0.6) is 17.2 Å². The number of thiazole rings is 1. The van der Waals surface area contributed by atoms with Crippen LogP contribution in [0.15, 0.2) is 45.1 Å². The summed E-state index contributed by atoms with van der Waals surface area (Å²) in [4.78, 5) is 6.36. The van der Waals surface area contributed by atoms with E-state index >= 15 is 0 Å². The van der Waals surface area contributed by atoms with Crippen molar-refractivity contribution in [1.82, 2.24) is 4.68 Å². The summed E-state index contributed by atoms with van der Waals surface area (Å²) in [5.74, 6) is -1.36. The number of hydrogen-bond acceptors (Lipinski definition) is 7. The second-order valence-corrected chi connectivity index (χ2v) is 7.32. The van der Waals surface area contributed by atoms with Crippen LogP contribution in [0.4, 0.5) is 0 Å². The second kappa shape index (κ2) is 7.12. The molecule has 0 fully saturated rings. The van der Waals surface area contributed by atoms with Gasteiger partial charge in [-0.15, -0.1) is 22.7 Å². The van der Waals surface area contributed by atoms with Gasteiger partial charge in [-0.2, -0.15) is 5.10 Å². The molecule has 0 aliphatic carbocycles. The molecule has 0 radical (unpaired) electrons. The smallest absolute Gasteiger partial charge is 0.206 e. The Labute approximate surface area is 152 Å². The van der Waals surface area contributed by atoms with E-state index in [0.717, 1.165) is 15.4 Å². The molecule has 3 rings (SSSR count). The zero-order chi connectivity index (χ0) is 18.0. The molecule has 2 heterocycles. The fourth-order valence-corrected chi connectivity index (χ4v) is 3.89. The fraction of sp³-hybridized carbons (Fsp3) is 0.176. The van der Waals surface area contributed by atoms with Gasteiger partial charge in [0, 0.05) is 17.0 Å². The van der Waals surface area contributed by atoms with Gasteiger partial charge in [0.2, 0.25) is 10.6 Å². The third-order valence-corrected chi connectivity index (χ3v) is 5.02. The quantitative estimate of drug-likeness (QED) is 0.481. The molecule has 0 aliphatic heterocycles. The lowest BCUT2D eigenvalue weighted by molar-refractivity contribution is 0.367. The van der Waals surface area contributed by atoms with Crippen LogP contribution in [-0.4, -0.2) is 32.3 Å². The average Bonchev–Trinajstić information content (AvgIpc) is 3.21. The van der Waals surface area contributed by atoms with E-state index in [0.29, 0.717) is 5.56 Å². The van der Waals surface area contributed by atoms with E-state index in [4.69, 9.17) is 0 Å². The molecule has 0 atom stereocenters. The predicted octanol–water partition coefficient (Wildman–Crippen LogP) is 3.59. The molecule has 3 N–H and O–H groups in total. The number of aromatic nitrogens is 1. The summed E-state index contributed by atoms with van der Waals surface area (Å²) in [6.45, 7) is 3.98. The number of benzene rings is 1. The normalized spacial score (nSPS) is 12.5. The Kier molecular flexibility index (Phi) is 4.91. The zero-order valence-corrected chi connectivity index (χ0v) is 15.3. The number of hydrogen-bond donors (Lipinski definition) is 3. The molecule has 1 aromatic carbocycles. The Morgan fingerprint density at radius 3 is 2.56 bits per heavy atom. The highest BCUT2D eigenvalue weighted by Crippen LogP contribution is 2.36. The Bertz CT molecular complexity index is 970. The van der Waals surface area contributed by atoms with Gasteiger partial charge in [-0.3, -0.25) is 4.99 Å². The zero-order valence-electron chi connectivity index (χ0n) is 13.6. The predicted molar refractivity (Wildman–Crippen MR) is 101 cm³/mol. The maximum Gasteiger partial charge on any atom is 0.206 e. The summed E-state index contributed by atoms with van der Waals surface area (Å²) in [6.07, 6.45) is 1.43. The number of nitrogens with zero attached hydrogens (tertiary/aromatic N) is 3. The van der Waals surface area contributed by atoms with Crippen LogP contribution >= 0.6 is 22.7 Å². The lowest BCUT2D eigenvalue weighted by Crippen LogP contribution is -2.14. The van der Waals surface area contributed by atoms with Gasteiger partial charge in [-0.1, -0.05) is 6.07 Å². The number of phenols is 3. The Balaban J connectivity index is 2.10. The molecule has 0 aliphatic rings. The summed E-state index contributed by atoms with van der Waals surface area (Å²) < 4.78 is 1.71. The number of rotatable bonds is 4. The molecule has 0 saturated carbocycles. The first-order valence-corrected chi connectivity index (χ1v) is 9.30. The highest BCUT2D eigenvalue weighted by Gasteiger charge is 2.11. The van der Waals surface area contributed by atoms with Gasteiger partial charge < -0.3 is 15.3 Å². The maximum absolute atomic E-state index is 9.95. The van der Waals surface area contributed by atoms with Gasteiger partial charge in [0.05, 0.1) is 16.8 Å². The highest BCUT2D eigenvalue weighted by atomic mass is 32.1. The monoisotopic (exact) mass is 375 g/mol. The van der Waals surface area contributed by atoms with E-state index in [1.807, 2.05) is 36.7 Å². The standard InChI is InChI=1S/C17H17N3O3S2/c1-10(2)19-17-20(12(9-25-17)14-4-3-7-24-14)18-8-11-5-6-13(21)16(23)15(11)22/h3-10,21-23H,1-2H3/b18-8+,19-17?. The molecule has 2 aromatic heterocycles. The van der Waals surface area contributed by atoms with E-state index < -0.39 is 11.5 Å². The van der Waals surface area contributed by atoms with Crippen molar-refractivity contribution < 1.29 is 15.3 Å². The van der Waals surface area contributed by atoms with Crippen molar-refractivity contribution in [3.8, 4) is 27.8 Å². The van der Waals surface area contributed by atoms with Crippen molar-refractivity contribution in [2.24, 2.45) is 10.1 Å². The molecular formula is C17H17N3O3S2. The minimum absolute atomic E-state index is 0.113. The molecule has 6 nitrogen and oxygen atoms in total.